The van der Waals surface area contributed by atoms with Gasteiger partial charge in [-0.2, -0.15) is 0 Å². The van der Waals surface area contributed by atoms with E-state index in [-0.39, 0.29) is 25.4 Å². The number of nitrogens with zero attached hydrogens (tertiary/aromatic N) is 1. The van der Waals surface area contributed by atoms with Crippen LogP contribution in [0.25, 0.3) is 0 Å². The third-order valence-corrected chi connectivity index (χ3v) is 6.05. The molecular formula is C22H25NO7S. The van der Waals surface area contributed by atoms with E-state index >= 15 is 0 Å². The number of fused-ring (bicyclic) bond motifs is 1. The summed E-state index contributed by atoms with van der Waals surface area (Å²) in [7, 11) is -1.84. The molecule has 0 unspecified atom stereocenters. The Bertz CT molecular complexity index is 1070. The molecule has 8 nitrogen and oxygen atoms in total. The van der Waals surface area contributed by atoms with Crippen LogP contribution in [-0.2, 0) is 26.0 Å². The molecule has 3 rings (SSSR count). The Labute approximate surface area is 181 Å². The van der Waals surface area contributed by atoms with Crippen molar-refractivity contribution in [2.75, 3.05) is 37.4 Å². The first-order valence-electron chi connectivity index (χ1n) is 9.85. The van der Waals surface area contributed by atoms with E-state index in [0.717, 1.165) is 11.8 Å². The minimum Gasteiger partial charge on any atom is -0.493 e. The van der Waals surface area contributed by atoms with Gasteiger partial charge in [-0.15, -0.1) is 0 Å². The highest BCUT2D eigenvalue weighted by molar-refractivity contribution is 7.92. The Morgan fingerprint density at radius 1 is 1.10 bits per heavy atom. The van der Waals surface area contributed by atoms with Crippen LogP contribution in [0.3, 0.4) is 0 Å². The molecular weight excluding hydrogens is 422 g/mol. The number of ether oxygens (including phenoxy) is 3. The first-order valence-corrected chi connectivity index (χ1v) is 11.7. The van der Waals surface area contributed by atoms with Crippen LogP contribution >= 0.6 is 0 Å². The van der Waals surface area contributed by atoms with Crippen LogP contribution in [0.15, 0.2) is 42.5 Å². The minimum absolute atomic E-state index is 0.0150. The lowest BCUT2D eigenvalue weighted by molar-refractivity contribution is -0.143. The molecule has 0 aromatic heterocycles. The van der Waals surface area contributed by atoms with Gasteiger partial charge in [0.2, 0.25) is 10.0 Å². The maximum atomic E-state index is 12.4. The van der Waals surface area contributed by atoms with E-state index in [1.54, 1.807) is 36.4 Å². The maximum Gasteiger partial charge on any atom is 0.309 e. The van der Waals surface area contributed by atoms with Crippen LogP contribution < -0.4 is 13.8 Å². The molecule has 1 aliphatic rings. The van der Waals surface area contributed by atoms with Gasteiger partial charge in [-0.05, 0) is 48.7 Å². The number of aryl methyl sites for hydroxylation is 1. The number of anilines is 1. The lowest BCUT2D eigenvalue weighted by Gasteiger charge is -2.29. The molecule has 1 aliphatic heterocycles. The SMILES string of the molecule is COc1ccccc1OCCC(=O)OCC(=O)c1ccc2c(c1)CCCN2S(C)(=O)=O. The molecule has 0 fully saturated rings. The molecule has 0 atom stereocenters. The number of esters is 1. The fourth-order valence-electron chi connectivity index (χ4n) is 3.36. The molecule has 0 amide bonds. The van der Waals surface area contributed by atoms with Gasteiger partial charge in [0.1, 0.15) is 0 Å². The Morgan fingerprint density at radius 3 is 2.55 bits per heavy atom. The van der Waals surface area contributed by atoms with E-state index in [1.807, 2.05) is 6.07 Å². The van der Waals surface area contributed by atoms with Crippen LogP contribution in [-0.4, -0.2) is 53.3 Å². The number of sulfonamides is 1. The summed E-state index contributed by atoms with van der Waals surface area (Å²) in [5.74, 6) is 0.182. The Balaban J connectivity index is 1.52. The normalized spacial score (nSPS) is 13.3. The Morgan fingerprint density at radius 2 is 1.84 bits per heavy atom. The van der Waals surface area contributed by atoms with Crippen molar-refractivity contribution in [2.24, 2.45) is 0 Å². The maximum absolute atomic E-state index is 12.4. The molecule has 1 heterocycles. The molecule has 0 spiro atoms. The van der Waals surface area contributed by atoms with Crippen LogP contribution in [0.2, 0.25) is 0 Å². The van der Waals surface area contributed by atoms with Crippen LogP contribution in [0, 0.1) is 0 Å². The summed E-state index contributed by atoms with van der Waals surface area (Å²) in [6.45, 7) is 0.128. The molecule has 0 N–H and O–H groups in total. The summed E-state index contributed by atoms with van der Waals surface area (Å²) < 4.78 is 41.0. The number of carbonyl (C=O) groups is 2. The van der Waals surface area contributed by atoms with Crippen molar-refractivity contribution in [3.05, 3.63) is 53.6 Å². The second-order valence-electron chi connectivity index (χ2n) is 7.12. The summed E-state index contributed by atoms with van der Waals surface area (Å²) in [5, 5.41) is 0. The van der Waals surface area contributed by atoms with E-state index in [4.69, 9.17) is 14.2 Å². The summed E-state index contributed by atoms with van der Waals surface area (Å²) in [5.41, 5.74) is 1.77. The van der Waals surface area contributed by atoms with Gasteiger partial charge in [-0.1, -0.05) is 12.1 Å². The van der Waals surface area contributed by atoms with Gasteiger partial charge >= 0.3 is 5.97 Å². The van der Waals surface area contributed by atoms with Gasteiger partial charge in [-0.25, -0.2) is 8.42 Å². The predicted octanol–water partition coefficient (Wildman–Crippen LogP) is 2.60. The smallest absolute Gasteiger partial charge is 0.309 e. The van der Waals surface area contributed by atoms with E-state index < -0.39 is 16.0 Å². The number of hydrogen-bond acceptors (Lipinski definition) is 7. The van der Waals surface area contributed by atoms with Gasteiger partial charge in [0.15, 0.2) is 23.9 Å². The fraction of sp³-hybridized carbons (Fsp3) is 0.364. The molecule has 0 saturated heterocycles. The Hall–Kier alpha value is -3.07. The largest absolute Gasteiger partial charge is 0.493 e. The van der Waals surface area contributed by atoms with Crippen molar-refractivity contribution in [1.82, 2.24) is 0 Å². The average Bonchev–Trinajstić information content (AvgIpc) is 2.76. The van der Waals surface area contributed by atoms with Crippen molar-refractivity contribution in [3.63, 3.8) is 0 Å². The Kier molecular flexibility index (Phi) is 7.17. The van der Waals surface area contributed by atoms with Gasteiger partial charge in [-0.3, -0.25) is 13.9 Å². The number of carbonyl (C=O) groups excluding carboxylic acids is 2. The molecule has 31 heavy (non-hydrogen) atoms. The number of hydrogen-bond donors (Lipinski definition) is 0. The fourth-order valence-corrected chi connectivity index (χ4v) is 4.36. The summed E-state index contributed by atoms with van der Waals surface area (Å²) in [4.78, 5) is 24.4. The van der Waals surface area contributed by atoms with E-state index in [2.05, 4.69) is 0 Å². The first-order chi connectivity index (χ1) is 14.8. The minimum atomic E-state index is -3.37. The van der Waals surface area contributed by atoms with Crippen LogP contribution in [0.4, 0.5) is 5.69 Å². The van der Waals surface area contributed by atoms with E-state index in [1.165, 1.54) is 11.4 Å². The second-order valence-corrected chi connectivity index (χ2v) is 9.02. The molecule has 0 saturated carbocycles. The lowest BCUT2D eigenvalue weighted by atomic mass is 9.99. The van der Waals surface area contributed by atoms with Gasteiger partial charge in [0, 0.05) is 12.1 Å². The topological polar surface area (TPSA) is 99.2 Å². The van der Waals surface area contributed by atoms with Gasteiger partial charge in [0.25, 0.3) is 0 Å². The second kappa shape index (κ2) is 9.82. The van der Waals surface area contributed by atoms with Crippen molar-refractivity contribution in [2.45, 2.75) is 19.3 Å². The molecule has 0 radical (unpaired) electrons. The molecule has 2 aromatic carbocycles. The average molecular weight is 448 g/mol. The molecule has 166 valence electrons. The number of ketones is 1. The highest BCUT2D eigenvalue weighted by Gasteiger charge is 2.24. The molecule has 2 aromatic rings. The quantitative estimate of drug-likeness (QED) is 0.430. The predicted molar refractivity (Wildman–Crippen MR) is 115 cm³/mol. The zero-order valence-corrected chi connectivity index (χ0v) is 18.3. The number of Topliss-reactive ketones (excluding diaryl/α,β-unsaturated/α-hetero) is 1. The third-order valence-electron chi connectivity index (χ3n) is 4.87. The third kappa shape index (κ3) is 5.75. The van der Waals surface area contributed by atoms with Crippen LogP contribution in [0.1, 0.15) is 28.8 Å². The zero-order valence-electron chi connectivity index (χ0n) is 17.5. The standard InChI is InChI=1S/C22H25NO7S/c1-28-20-7-3-4-8-21(20)29-13-11-22(25)30-15-19(24)17-9-10-18-16(14-17)6-5-12-23(18)31(2,26)27/h3-4,7-10,14H,5-6,11-13,15H2,1-2H3. The highest BCUT2D eigenvalue weighted by atomic mass is 32.2. The number of rotatable bonds is 9. The van der Waals surface area contributed by atoms with Crippen LogP contribution in [0.5, 0.6) is 11.5 Å². The number of para-hydroxylation sites is 2. The number of benzene rings is 2. The van der Waals surface area contributed by atoms with Crippen molar-refractivity contribution >= 4 is 27.5 Å². The van der Waals surface area contributed by atoms with E-state index in [9.17, 15) is 18.0 Å². The highest BCUT2D eigenvalue weighted by Crippen LogP contribution is 2.30. The van der Waals surface area contributed by atoms with E-state index in [0.29, 0.717) is 42.1 Å². The summed E-state index contributed by atoms with van der Waals surface area (Å²) in [6.07, 6.45) is 2.51. The van der Waals surface area contributed by atoms with Crippen molar-refractivity contribution in [1.29, 1.82) is 0 Å². The van der Waals surface area contributed by atoms with Gasteiger partial charge in [0.05, 0.1) is 32.1 Å². The number of methoxy groups -OCH3 is 1. The van der Waals surface area contributed by atoms with Crippen molar-refractivity contribution < 1.29 is 32.2 Å². The summed E-state index contributed by atoms with van der Waals surface area (Å²) >= 11 is 0. The lowest BCUT2D eigenvalue weighted by Crippen LogP contribution is -2.34. The van der Waals surface area contributed by atoms with Gasteiger partial charge < -0.3 is 14.2 Å². The van der Waals surface area contributed by atoms with Crippen molar-refractivity contribution in [3.8, 4) is 11.5 Å². The molecule has 0 aliphatic carbocycles. The summed E-state index contributed by atoms with van der Waals surface area (Å²) in [6, 6.07) is 11.9. The zero-order chi connectivity index (χ0) is 22.4. The molecule has 0 bridgehead atoms. The first kappa shape index (κ1) is 22.6. The monoisotopic (exact) mass is 447 g/mol. The molecule has 9 heteroatoms.